The third-order valence-corrected chi connectivity index (χ3v) is 5.81. The number of carbonyl (C=O) groups excluding carboxylic acids is 2. The van der Waals surface area contributed by atoms with Crippen molar-refractivity contribution in [2.75, 3.05) is 7.11 Å². The van der Waals surface area contributed by atoms with Gasteiger partial charge in [0, 0.05) is 5.56 Å². The van der Waals surface area contributed by atoms with E-state index in [1.54, 1.807) is 31.4 Å². The topological polar surface area (TPSA) is 67.4 Å². The van der Waals surface area contributed by atoms with Gasteiger partial charge in [0.05, 0.1) is 25.1 Å². The lowest BCUT2D eigenvalue weighted by Crippen LogP contribution is -2.44. The maximum atomic E-state index is 13.3. The number of hydrogen-bond donors (Lipinski definition) is 2. The highest BCUT2D eigenvalue weighted by Crippen LogP contribution is 2.39. The first-order valence-corrected chi connectivity index (χ1v) is 9.57. The maximum Gasteiger partial charge on any atom is 0.252 e. The molecule has 6 heteroatoms. The Hall–Kier alpha value is -2.89. The number of benzene rings is 2. The summed E-state index contributed by atoms with van der Waals surface area (Å²) < 4.78 is 18.5. The third-order valence-electron chi connectivity index (χ3n) is 5.81. The molecule has 2 amide bonds. The fraction of sp³-hybridized carbons (Fsp3) is 0.364. The predicted molar refractivity (Wildman–Crippen MR) is 103 cm³/mol. The van der Waals surface area contributed by atoms with Gasteiger partial charge in [0.2, 0.25) is 5.91 Å². The van der Waals surface area contributed by atoms with E-state index in [1.165, 1.54) is 12.1 Å². The van der Waals surface area contributed by atoms with Gasteiger partial charge in [-0.3, -0.25) is 9.59 Å². The minimum atomic E-state index is -0.462. The summed E-state index contributed by atoms with van der Waals surface area (Å²) in [5.41, 5.74) is 1.82. The molecule has 2 aliphatic rings. The van der Waals surface area contributed by atoms with Crippen LogP contribution >= 0.6 is 0 Å². The zero-order valence-corrected chi connectivity index (χ0v) is 15.8. The van der Waals surface area contributed by atoms with Crippen LogP contribution in [0.1, 0.15) is 59.6 Å². The molecular formula is C22H23FN2O3. The van der Waals surface area contributed by atoms with Crippen LogP contribution in [-0.4, -0.2) is 18.9 Å². The Morgan fingerprint density at radius 3 is 2.61 bits per heavy atom. The Balaban J connectivity index is 1.51. The molecule has 1 aliphatic carbocycles. The van der Waals surface area contributed by atoms with Gasteiger partial charge in [0.25, 0.3) is 5.91 Å². The van der Waals surface area contributed by atoms with Crippen molar-refractivity contribution in [3.63, 3.8) is 0 Å². The van der Waals surface area contributed by atoms with E-state index in [9.17, 15) is 14.0 Å². The molecule has 0 radical (unpaired) electrons. The van der Waals surface area contributed by atoms with E-state index in [2.05, 4.69) is 10.6 Å². The first-order chi connectivity index (χ1) is 13.5. The van der Waals surface area contributed by atoms with Crippen molar-refractivity contribution < 1.29 is 18.7 Å². The number of nitrogens with one attached hydrogen (secondary N) is 2. The van der Waals surface area contributed by atoms with Crippen LogP contribution in [0.15, 0.2) is 42.5 Å². The lowest BCUT2D eigenvalue weighted by Gasteiger charge is -2.31. The first-order valence-electron chi connectivity index (χ1n) is 9.57. The molecule has 2 N–H and O–H groups in total. The van der Waals surface area contributed by atoms with Gasteiger partial charge in [-0.1, -0.05) is 31.0 Å². The van der Waals surface area contributed by atoms with Crippen molar-refractivity contribution in [2.45, 2.75) is 43.7 Å². The van der Waals surface area contributed by atoms with Crippen LogP contribution in [0.3, 0.4) is 0 Å². The normalized spacial score (nSPS) is 19.8. The second kappa shape index (κ2) is 7.26. The zero-order valence-electron chi connectivity index (χ0n) is 15.8. The fourth-order valence-electron chi connectivity index (χ4n) is 4.37. The van der Waals surface area contributed by atoms with Crippen LogP contribution < -0.4 is 15.4 Å². The average molecular weight is 382 g/mol. The van der Waals surface area contributed by atoms with Gasteiger partial charge in [0.15, 0.2) is 0 Å². The second-order valence-electron chi connectivity index (χ2n) is 7.53. The Bertz CT molecular complexity index is 904. The highest BCUT2D eigenvalue weighted by atomic mass is 19.1. The summed E-state index contributed by atoms with van der Waals surface area (Å²) in [4.78, 5) is 25.1. The van der Waals surface area contributed by atoms with Crippen molar-refractivity contribution in [1.29, 1.82) is 0 Å². The Labute approximate surface area is 163 Å². The van der Waals surface area contributed by atoms with Crippen molar-refractivity contribution >= 4 is 11.8 Å². The summed E-state index contributed by atoms with van der Waals surface area (Å²) in [6, 6.07) is 11.3. The highest BCUT2D eigenvalue weighted by Gasteiger charge is 2.38. The third kappa shape index (κ3) is 3.35. The van der Waals surface area contributed by atoms with Crippen LogP contribution in [0.25, 0.3) is 0 Å². The van der Waals surface area contributed by atoms with E-state index < -0.39 is 5.54 Å². The molecule has 1 unspecified atom stereocenters. The van der Waals surface area contributed by atoms with Crippen molar-refractivity contribution in [1.82, 2.24) is 10.6 Å². The molecule has 28 heavy (non-hydrogen) atoms. The first kappa shape index (κ1) is 18.5. The minimum Gasteiger partial charge on any atom is -0.497 e. The molecule has 1 heterocycles. The van der Waals surface area contributed by atoms with Crippen LogP contribution in [-0.2, 0) is 10.3 Å². The minimum absolute atomic E-state index is 0.125. The number of methoxy groups -OCH3 is 1. The molecule has 1 atom stereocenters. The van der Waals surface area contributed by atoms with Crippen LogP contribution in [0, 0.1) is 5.82 Å². The molecule has 1 fully saturated rings. The molecule has 5 nitrogen and oxygen atoms in total. The summed E-state index contributed by atoms with van der Waals surface area (Å²) in [6.45, 7) is 0. The Morgan fingerprint density at radius 1 is 1.21 bits per heavy atom. The molecule has 1 aliphatic heterocycles. The SMILES string of the molecule is COc1ccc2c(c1)C(=O)NC2CC(=O)NC1(c2ccc(F)cc2)CCCC1. The molecule has 2 aromatic carbocycles. The molecule has 0 saturated heterocycles. The smallest absolute Gasteiger partial charge is 0.252 e. The number of fused-ring (bicyclic) bond motifs is 1. The van der Waals surface area contributed by atoms with Crippen LogP contribution in [0.5, 0.6) is 5.75 Å². The lowest BCUT2D eigenvalue weighted by molar-refractivity contribution is -0.123. The molecule has 0 bridgehead atoms. The lowest BCUT2D eigenvalue weighted by atomic mass is 9.87. The molecule has 2 aromatic rings. The predicted octanol–water partition coefficient (Wildman–Crippen LogP) is 3.59. The molecule has 1 saturated carbocycles. The van der Waals surface area contributed by atoms with E-state index in [1.807, 2.05) is 6.07 Å². The number of halogens is 1. The highest BCUT2D eigenvalue weighted by molar-refractivity contribution is 6.00. The number of ether oxygens (including phenoxy) is 1. The summed E-state index contributed by atoms with van der Waals surface area (Å²) >= 11 is 0. The maximum absolute atomic E-state index is 13.3. The molecule has 146 valence electrons. The van der Waals surface area contributed by atoms with E-state index in [0.717, 1.165) is 36.8 Å². The summed E-state index contributed by atoms with van der Waals surface area (Å²) in [6.07, 6.45) is 3.85. The van der Waals surface area contributed by atoms with Gasteiger partial charge in [0.1, 0.15) is 11.6 Å². The molecule has 0 aromatic heterocycles. The molecule has 0 spiro atoms. The molecular weight excluding hydrogens is 359 g/mol. The quantitative estimate of drug-likeness (QED) is 0.830. The monoisotopic (exact) mass is 382 g/mol. The number of carbonyl (C=O) groups is 2. The van der Waals surface area contributed by atoms with Gasteiger partial charge < -0.3 is 15.4 Å². The largest absolute Gasteiger partial charge is 0.497 e. The number of amides is 2. The van der Waals surface area contributed by atoms with Crippen molar-refractivity contribution in [3.8, 4) is 5.75 Å². The van der Waals surface area contributed by atoms with Gasteiger partial charge in [-0.25, -0.2) is 4.39 Å². The van der Waals surface area contributed by atoms with Crippen molar-refractivity contribution in [2.24, 2.45) is 0 Å². The van der Waals surface area contributed by atoms with E-state index >= 15 is 0 Å². The standard InChI is InChI=1S/C22H23FN2O3/c1-28-16-8-9-17-18(12-16)21(27)24-19(17)13-20(26)25-22(10-2-3-11-22)14-4-6-15(23)7-5-14/h4-9,12,19H,2-3,10-11,13H2,1H3,(H,24,27)(H,25,26). The van der Waals surface area contributed by atoms with Gasteiger partial charge in [-0.2, -0.15) is 0 Å². The average Bonchev–Trinajstić information content (AvgIpc) is 3.27. The molecule has 4 rings (SSSR count). The Kier molecular flexibility index (Phi) is 4.79. The van der Waals surface area contributed by atoms with Crippen LogP contribution in [0.4, 0.5) is 4.39 Å². The van der Waals surface area contributed by atoms with E-state index in [-0.39, 0.29) is 30.1 Å². The Morgan fingerprint density at radius 2 is 1.93 bits per heavy atom. The summed E-state index contributed by atoms with van der Waals surface area (Å²) in [5.74, 6) is 0.00477. The summed E-state index contributed by atoms with van der Waals surface area (Å²) in [5, 5.41) is 6.07. The number of hydrogen-bond acceptors (Lipinski definition) is 3. The van der Waals surface area contributed by atoms with Gasteiger partial charge in [-0.15, -0.1) is 0 Å². The summed E-state index contributed by atoms with van der Waals surface area (Å²) in [7, 11) is 1.55. The number of rotatable bonds is 5. The van der Waals surface area contributed by atoms with Crippen molar-refractivity contribution in [3.05, 3.63) is 65.0 Å². The van der Waals surface area contributed by atoms with Gasteiger partial charge >= 0.3 is 0 Å². The van der Waals surface area contributed by atoms with E-state index in [0.29, 0.717) is 11.3 Å². The fourth-order valence-corrected chi connectivity index (χ4v) is 4.37. The van der Waals surface area contributed by atoms with E-state index in [4.69, 9.17) is 4.74 Å². The second-order valence-corrected chi connectivity index (χ2v) is 7.53. The van der Waals surface area contributed by atoms with Gasteiger partial charge in [-0.05, 0) is 48.2 Å². The van der Waals surface area contributed by atoms with Crippen LogP contribution in [0.2, 0.25) is 0 Å². The zero-order chi connectivity index (χ0) is 19.7.